The second-order valence-electron chi connectivity index (χ2n) is 5.83. The lowest BCUT2D eigenvalue weighted by Gasteiger charge is -2.36. The first-order chi connectivity index (χ1) is 9.46. The molecule has 4 N–H and O–H groups in total. The highest BCUT2D eigenvalue weighted by molar-refractivity contribution is 6.07. The number of rotatable bonds is 1. The van der Waals surface area contributed by atoms with Gasteiger partial charge in [0.25, 0.3) is 5.91 Å². The van der Waals surface area contributed by atoms with Crippen LogP contribution in [0.3, 0.4) is 0 Å². The lowest BCUT2D eigenvalue weighted by atomic mass is 9.94. The zero-order valence-electron chi connectivity index (χ0n) is 11.5. The van der Waals surface area contributed by atoms with E-state index in [1.807, 2.05) is 6.07 Å². The van der Waals surface area contributed by atoms with E-state index in [-0.39, 0.29) is 5.91 Å². The van der Waals surface area contributed by atoms with E-state index in [1.165, 1.54) is 0 Å². The number of β-amino-alcohol motifs (C(OH)–C–C–N with tert-alkyl or cyclic N) is 1. The van der Waals surface area contributed by atoms with Crippen molar-refractivity contribution >= 4 is 22.5 Å². The van der Waals surface area contributed by atoms with Crippen molar-refractivity contribution in [3.05, 3.63) is 30.0 Å². The molecule has 1 aliphatic heterocycles. The minimum atomic E-state index is -0.793. The molecular weight excluding hydrogens is 254 g/mol. The molecule has 3 rings (SSSR count). The number of aromatic nitrogens is 1. The fourth-order valence-electron chi connectivity index (χ4n) is 2.88. The van der Waals surface area contributed by atoms with Crippen molar-refractivity contribution in [2.24, 2.45) is 0 Å². The van der Waals surface area contributed by atoms with Crippen LogP contribution in [0.2, 0.25) is 0 Å². The van der Waals surface area contributed by atoms with E-state index in [1.54, 1.807) is 30.2 Å². The molecule has 0 radical (unpaired) electrons. The molecule has 1 saturated heterocycles. The zero-order valence-corrected chi connectivity index (χ0v) is 11.5. The van der Waals surface area contributed by atoms with Gasteiger partial charge in [0.1, 0.15) is 0 Å². The lowest BCUT2D eigenvalue weighted by molar-refractivity contribution is -0.0106. The number of amides is 1. The minimum absolute atomic E-state index is 0.0539. The molecule has 2 aromatic rings. The highest BCUT2D eigenvalue weighted by atomic mass is 16.3. The molecule has 20 heavy (non-hydrogen) atoms. The van der Waals surface area contributed by atoms with E-state index in [9.17, 15) is 9.90 Å². The summed E-state index contributed by atoms with van der Waals surface area (Å²) >= 11 is 0. The fourth-order valence-corrected chi connectivity index (χ4v) is 2.88. The fraction of sp³-hybridized carbons (Fsp3) is 0.400. The number of nitrogen functional groups attached to an aromatic ring is 1. The van der Waals surface area contributed by atoms with E-state index in [4.69, 9.17) is 5.73 Å². The summed E-state index contributed by atoms with van der Waals surface area (Å²) in [7, 11) is 0. The highest BCUT2D eigenvalue weighted by Crippen LogP contribution is 2.26. The molecule has 5 nitrogen and oxygen atoms in total. The maximum Gasteiger partial charge on any atom is 0.256 e. The van der Waals surface area contributed by atoms with E-state index >= 15 is 0 Å². The van der Waals surface area contributed by atoms with Gasteiger partial charge in [0.2, 0.25) is 0 Å². The van der Waals surface area contributed by atoms with Crippen LogP contribution < -0.4 is 5.73 Å². The van der Waals surface area contributed by atoms with Gasteiger partial charge in [0, 0.05) is 35.9 Å². The second kappa shape index (κ2) is 4.52. The Kier molecular flexibility index (Phi) is 2.94. The van der Waals surface area contributed by atoms with Crippen molar-refractivity contribution < 1.29 is 9.90 Å². The van der Waals surface area contributed by atoms with Gasteiger partial charge in [-0.25, -0.2) is 0 Å². The third-order valence-corrected chi connectivity index (χ3v) is 3.90. The number of H-pyrrole nitrogens is 1. The standard InChI is InChI=1S/C15H19N3O2/c1-15(20)5-2-6-18(9-15)14(19)12-8-17-13-4-3-10(16)7-11(12)13/h3-4,7-8,17,20H,2,5-6,9,16H2,1H3. The third-order valence-electron chi connectivity index (χ3n) is 3.90. The number of carbonyl (C=O) groups excluding carboxylic acids is 1. The molecule has 2 heterocycles. The number of aromatic amines is 1. The molecule has 0 spiro atoms. The van der Waals surface area contributed by atoms with Crippen LogP contribution in [-0.4, -0.2) is 39.6 Å². The Morgan fingerprint density at radius 3 is 3.05 bits per heavy atom. The monoisotopic (exact) mass is 273 g/mol. The SMILES string of the molecule is CC1(O)CCCN(C(=O)c2c[nH]c3ccc(N)cc23)C1. The van der Waals surface area contributed by atoms with Gasteiger partial charge >= 0.3 is 0 Å². The molecule has 1 atom stereocenters. The van der Waals surface area contributed by atoms with Gasteiger partial charge in [-0.15, -0.1) is 0 Å². The summed E-state index contributed by atoms with van der Waals surface area (Å²) < 4.78 is 0. The first-order valence-corrected chi connectivity index (χ1v) is 6.84. The predicted octanol–water partition coefficient (Wildman–Crippen LogP) is 1.74. The minimum Gasteiger partial charge on any atom is -0.399 e. The Morgan fingerprint density at radius 1 is 1.50 bits per heavy atom. The number of anilines is 1. The number of hydrogen-bond donors (Lipinski definition) is 3. The van der Waals surface area contributed by atoms with E-state index in [0.29, 0.717) is 24.3 Å². The van der Waals surface area contributed by atoms with Crippen molar-refractivity contribution in [1.29, 1.82) is 0 Å². The van der Waals surface area contributed by atoms with E-state index < -0.39 is 5.60 Å². The molecule has 0 aliphatic carbocycles. The predicted molar refractivity (Wildman–Crippen MR) is 78.5 cm³/mol. The van der Waals surface area contributed by atoms with Crippen molar-refractivity contribution in [2.45, 2.75) is 25.4 Å². The van der Waals surface area contributed by atoms with Crippen LogP contribution in [-0.2, 0) is 0 Å². The maximum atomic E-state index is 12.6. The summed E-state index contributed by atoms with van der Waals surface area (Å²) in [6.07, 6.45) is 3.27. The first kappa shape index (κ1) is 13.0. The molecule has 1 fully saturated rings. The number of fused-ring (bicyclic) bond motifs is 1. The Balaban J connectivity index is 1.94. The summed E-state index contributed by atoms with van der Waals surface area (Å²) in [6, 6.07) is 5.48. The third kappa shape index (κ3) is 2.25. The van der Waals surface area contributed by atoms with Gasteiger partial charge < -0.3 is 20.7 Å². The zero-order chi connectivity index (χ0) is 14.3. The molecule has 5 heteroatoms. The average Bonchev–Trinajstić information content (AvgIpc) is 2.79. The van der Waals surface area contributed by atoms with Crippen LogP contribution in [0.5, 0.6) is 0 Å². The first-order valence-electron chi connectivity index (χ1n) is 6.84. The highest BCUT2D eigenvalue weighted by Gasteiger charge is 2.32. The van der Waals surface area contributed by atoms with Crippen LogP contribution in [0, 0.1) is 0 Å². The van der Waals surface area contributed by atoms with Gasteiger partial charge in [0.15, 0.2) is 0 Å². The lowest BCUT2D eigenvalue weighted by Crippen LogP contribution is -2.48. The van der Waals surface area contributed by atoms with E-state index in [2.05, 4.69) is 4.98 Å². The topological polar surface area (TPSA) is 82.3 Å². The van der Waals surface area contributed by atoms with Gasteiger partial charge in [0.05, 0.1) is 11.2 Å². The van der Waals surface area contributed by atoms with Crippen LogP contribution >= 0.6 is 0 Å². The van der Waals surface area contributed by atoms with Gasteiger partial charge in [-0.3, -0.25) is 4.79 Å². The van der Waals surface area contributed by atoms with Crippen molar-refractivity contribution in [1.82, 2.24) is 9.88 Å². The molecule has 1 aromatic heterocycles. The number of nitrogens with one attached hydrogen (secondary N) is 1. The Labute approximate surface area is 117 Å². The normalized spacial score (nSPS) is 23.2. The summed E-state index contributed by atoms with van der Waals surface area (Å²) in [5.41, 5.74) is 7.15. The number of aliphatic hydroxyl groups is 1. The average molecular weight is 273 g/mol. The molecule has 1 amide bonds. The number of nitrogens with two attached hydrogens (primary N) is 1. The molecule has 1 aromatic carbocycles. The van der Waals surface area contributed by atoms with Gasteiger partial charge in [-0.05, 0) is 38.0 Å². The summed E-state index contributed by atoms with van der Waals surface area (Å²) in [5.74, 6) is -0.0539. The molecule has 106 valence electrons. The second-order valence-corrected chi connectivity index (χ2v) is 5.83. The molecule has 1 unspecified atom stereocenters. The Bertz CT molecular complexity index is 660. The summed E-state index contributed by atoms with van der Waals surface area (Å²) in [5, 5.41) is 11.0. The molecule has 1 aliphatic rings. The maximum absolute atomic E-state index is 12.6. The number of benzene rings is 1. The quantitative estimate of drug-likeness (QED) is 0.692. The summed E-state index contributed by atoms with van der Waals surface area (Å²) in [4.78, 5) is 17.4. The van der Waals surface area contributed by atoms with Gasteiger partial charge in [-0.2, -0.15) is 0 Å². The van der Waals surface area contributed by atoms with Crippen LogP contribution in [0.1, 0.15) is 30.1 Å². The number of piperidine rings is 1. The van der Waals surface area contributed by atoms with Crippen LogP contribution in [0.15, 0.2) is 24.4 Å². The smallest absolute Gasteiger partial charge is 0.256 e. The summed E-state index contributed by atoms with van der Waals surface area (Å²) in [6.45, 7) is 2.84. The molecular formula is C15H19N3O2. The number of hydrogen-bond acceptors (Lipinski definition) is 3. The van der Waals surface area contributed by atoms with Crippen molar-refractivity contribution in [3.8, 4) is 0 Å². The van der Waals surface area contributed by atoms with Gasteiger partial charge in [-0.1, -0.05) is 0 Å². The van der Waals surface area contributed by atoms with Crippen LogP contribution in [0.4, 0.5) is 5.69 Å². The van der Waals surface area contributed by atoms with Crippen molar-refractivity contribution in [3.63, 3.8) is 0 Å². The van der Waals surface area contributed by atoms with Crippen LogP contribution in [0.25, 0.3) is 10.9 Å². The Morgan fingerprint density at radius 2 is 2.30 bits per heavy atom. The number of carbonyl (C=O) groups is 1. The Hall–Kier alpha value is -2.01. The van der Waals surface area contributed by atoms with E-state index in [0.717, 1.165) is 23.7 Å². The number of nitrogens with zero attached hydrogens (tertiary/aromatic N) is 1. The largest absolute Gasteiger partial charge is 0.399 e. The molecule has 0 bridgehead atoms. The van der Waals surface area contributed by atoms with Crippen molar-refractivity contribution in [2.75, 3.05) is 18.8 Å². The molecule has 0 saturated carbocycles. The number of likely N-dealkylation sites (tertiary alicyclic amines) is 1.